The van der Waals surface area contributed by atoms with Crippen molar-refractivity contribution in [3.63, 3.8) is 0 Å². The molecule has 1 aromatic carbocycles. The standard InChI is InChI=1S/C13H12N2O3/c1-18-13(17)12-7-14-11(6-15-12)10-4-2-3-9(5-10)8-16/h2-7,16H,8H2,1H3. The minimum atomic E-state index is -0.516. The molecule has 0 fully saturated rings. The smallest absolute Gasteiger partial charge is 0.358 e. The first-order valence-corrected chi connectivity index (χ1v) is 5.35. The summed E-state index contributed by atoms with van der Waals surface area (Å²) in [5.41, 5.74) is 2.44. The van der Waals surface area contributed by atoms with Crippen LogP contribution in [0.4, 0.5) is 0 Å². The highest BCUT2D eigenvalue weighted by molar-refractivity contribution is 5.86. The average Bonchev–Trinajstić information content (AvgIpc) is 2.46. The molecule has 5 heteroatoms. The van der Waals surface area contributed by atoms with Crippen LogP contribution in [0.15, 0.2) is 36.7 Å². The second-order valence-electron chi connectivity index (χ2n) is 3.64. The molecular weight excluding hydrogens is 232 g/mol. The van der Waals surface area contributed by atoms with E-state index in [0.29, 0.717) is 5.69 Å². The molecule has 0 saturated carbocycles. The van der Waals surface area contributed by atoms with E-state index in [1.54, 1.807) is 0 Å². The fraction of sp³-hybridized carbons (Fsp3) is 0.154. The highest BCUT2D eigenvalue weighted by Gasteiger charge is 2.08. The SMILES string of the molecule is COC(=O)c1cnc(-c2cccc(CO)c2)cn1. The van der Waals surface area contributed by atoms with E-state index in [9.17, 15) is 4.79 Å². The van der Waals surface area contributed by atoms with Crippen molar-refractivity contribution in [2.75, 3.05) is 7.11 Å². The first kappa shape index (κ1) is 12.2. The maximum atomic E-state index is 11.2. The molecule has 92 valence electrons. The summed E-state index contributed by atoms with van der Waals surface area (Å²) in [6.07, 6.45) is 2.87. The Morgan fingerprint density at radius 1 is 1.33 bits per heavy atom. The highest BCUT2D eigenvalue weighted by Crippen LogP contribution is 2.17. The Bertz CT molecular complexity index is 552. The summed E-state index contributed by atoms with van der Waals surface area (Å²) in [6, 6.07) is 7.33. The molecule has 2 aromatic rings. The van der Waals surface area contributed by atoms with Crippen LogP contribution in [0, 0.1) is 0 Å². The number of aliphatic hydroxyl groups is 1. The number of carbonyl (C=O) groups is 1. The lowest BCUT2D eigenvalue weighted by atomic mass is 10.1. The van der Waals surface area contributed by atoms with E-state index in [2.05, 4.69) is 14.7 Å². The quantitative estimate of drug-likeness (QED) is 0.827. The largest absolute Gasteiger partial charge is 0.464 e. The minimum Gasteiger partial charge on any atom is -0.464 e. The van der Waals surface area contributed by atoms with Crippen LogP contribution in [0.2, 0.25) is 0 Å². The third-order valence-electron chi connectivity index (χ3n) is 2.45. The Kier molecular flexibility index (Phi) is 3.64. The fourth-order valence-corrected chi connectivity index (χ4v) is 1.52. The molecule has 0 saturated heterocycles. The number of ether oxygens (including phenoxy) is 1. The maximum absolute atomic E-state index is 11.2. The van der Waals surface area contributed by atoms with Crippen molar-refractivity contribution in [1.29, 1.82) is 0 Å². The monoisotopic (exact) mass is 244 g/mol. The third kappa shape index (κ3) is 2.52. The van der Waals surface area contributed by atoms with E-state index in [0.717, 1.165) is 11.1 Å². The van der Waals surface area contributed by atoms with Crippen LogP contribution >= 0.6 is 0 Å². The molecule has 1 N–H and O–H groups in total. The molecule has 0 aliphatic carbocycles. The molecule has 0 aliphatic heterocycles. The average molecular weight is 244 g/mol. The molecular formula is C13H12N2O3. The van der Waals surface area contributed by atoms with Gasteiger partial charge < -0.3 is 9.84 Å². The number of aliphatic hydroxyl groups excluding tert-OH is 1. The van der Waals surface area contributed by atoms with Crippen molar-refractivity contribution in [2.24, 2.45) is 0 Å². The summed E-state index contributed by atoms with van der Waals surface area (Å²) >= 11 is 0. The molecule has 0 bridgehead atoms. The lowest BCUT2D eigenvalue weighted by Gasteiger charge is -2.03. The second-order valence-corrected chi connectivity index (χ2v) is 3.64. The van der Waals surface area contributed by atoms with Gasteiger partial charge >= 0.3 is 5.97 Å². The number of rotatable bonds is 3. The summed E-state index contributed by atoms with van der Waals surface area (Å²) in [6.45, 7) is -0.0263. The van der Waals surface area contributed by atoms with Gasteiger partial charge in [-0.3, -0.25) is 4.98 Å². The van der Waals surface area contributed by atoms with Crippen LogP contribution in [0.25, 0.3) is 11.3 Å². The van der Waals surface area contributed by atoms with Crippen LogP contribution < -0.4 is 0 Å². The van der Waals surface area contributed by atoms with Gasteiger partial charge in [-0.05, 0) is 11.6 Å². The molecule has 0 amide bonds. The van der Waals surface area contributed by atoms with E-state index in [1.165, 1.54) is 19.5 Å². The number of aromatic nitrogens is 2. The molecule has 18 heavy (non-hydrogen) atoms. The van der Waals surface area contributed by atoms with Crippen LogP contribution in [0.3, 0.4) is 0 Å². The summed E-state index contributed by atoms with van der Waals surface area (Å²) in [4.78, 5) is 19.3. The number of benzene rings is 1. The van der Waals surface area contributed by atoms with E-state index in [1.807, 2.05) is 24.3 Å². The van der Waals surface area contributed by atoms with Gasteiger partial charge in [0, 0.05) is 5.56 Å². The Morgan fingerprint density at radius 2 is 2.17 bits per heavy atom. The van der Waals surface area contributed by atoms with Crippen LogP contribution in [-0.2, 0) is 11.3 Å². The van der Waals surface area contributed by atoms with E-state index >= 15 is 0 Å². The summed E-state index contributed by atoms with van der Waals surface area (Å²) < 4.78 is 4.54. The number of nitrogens with zero attached hydrogens (tertiary/aromatic N) is 2. The molecule has 0 unspecified atom stereocenters. The minimum absolute atomic E-state index is 0.0263. The summed E-state index contributed by atoms with van der Waals surface area (Å²) in [7, 11) is 1.29. The van der Waals surface area contributed by atoms with Crippen molar-refractivity contribution in [2.45, 2.75) is 6.61 Å². The van der Waals surface area contributed by atoms with Crippen LogP contribution in [0.1, 0.15) is 16.1 Å². The zero-order valence-electron chi connectivity index (χ0n) is 9.83. The van der Waals surface area contributed by atoms with Gasteiger partial charge in [0.25, 0.3) is 0 Å². The Labute approximate surface area is 104 Å². The fourth-order valence-electron chi connectivity index (χ4n) is 1.52. The van der Waals surface area contributed by atoms with Crippen molar-refractivity contribution >= 4 is 5.97 Å². The van der Waals surface area contributed by atoms with Gasteiger partial charge in [0.1, 0.15) is 0 Å². The van der Waals surface area contributed by atoms with Crippen LogP contribution in [-0.4, -0.2) is 28.2 Å². The first-order chi connectivity index (χ1) is 8.74. The van der Waals surface area contributed by atoms with Crippen molar-refractivity contribution in [3.8, 4) is 11.3 Å². The zero-order chi connectivity index (χ0) is 13.0. The molecule has 2 rings (SSSR count). The Balaban J connectivity index is 2.31. The summed E-state index contributed by atoms with van der Waals surface area (Å²) in [5, 5.41) is 9.06. The second kappa shape index (κ2) is 5.37. The van der Waals surface area contributed by atoms with Gasteiger partial charge in [-0.25, -0.2) is 9.78 Å². The summed E-state index contributed by atoms with van der Waals surface area (Å²) in [5.74, 6) is -0.516. The number of carbonyl (C=O) groups excluding carboxylic acids is 1. The van der Waals surface area contributed by atoms with Crippen LogP contribution in [0.5, 0.6) is 0 Å². The molecule has 0 aliphatic rings. The molecule has 5 nitrogen and oxygen atoms in total. The van der Waals surface area contributed by atoms with E-state index in [4.69, 9.17) is 5.11 Å². The Hall–Kier alpha value is -2.27. The van der Waals surface area contributed by atoms with Gasteiger partial charge in [-0.2, -0.15) is 0 Å². The van der Waals surface area contributed by atoms with Gasteiger partial charge in [-0.15, -0.1) is 0 Å². The lowest BCUT2D eigenvalue weighted by Crippen LogP contribution is -2.04. The van der Waals surface area contributed by atoms with Crippen molar-refractivity contribution in [1.82, 2.24) is 9.97 Å². The third-order valence-corrected chi connectivity index (χ3v) is 2.45. The van der Waals surface area contributed by atoms with Crippen molar-refractivity contribution < 1.29 is 14.6 Å². The molecule has 0 atom stereocenters. The predicted octanol–water partition coefficient (Wildman–Crippen LogP) is 1.42. The predicted molar refractivity (Wildman–Crippen MR) is 64.7 cm³/mol. The maximum Gasteiger partial charge on any atom is 0.358 e. The lowest BCUT2D eigenvalue weighted by molar-refractivity contribution is 0.0593. The highest BCUT2D eigenvalue weighted by atomic mass is 16.5. The Morgan fingerprint density at radius 3 is 2.78 bits per heavy atom. The topological polar surface area (TPSA) is 72.3 Å². The number of esters is 1. The normalized spacial score (nSPS) is 10.1. The number of hydrogen-bond donors (Lipinski definition) is 1. The van der Waals surface area contributed by atoms with Gasteiger partial charge in [-0.1, -0.05) is 18.2 Å². The van der Waals surface area contributed by atoms with E-state index < -0.39 is 5.97 Å². The van der Waals surface area contributed by atoms with Gasteiger partial charge in [0.15, 0.2) is 5.69 Å². The molecule has 1 aromatic heterocycles. The zero-order valence-corrected chi connectivity index (χ0v) is 9.83. The van der Waals surface area contributed by atoms with Gasteiger partial charge in [0.2, 0.25) is 0 Å². The molecule has 0 radical (unpaired) electrons. The van der Waals surface area contributed by atoms with Gasteiger partial charge in [0.05, 0.1) is 31.8 Å². The first-order valence-electron chi connectivity index (χ1n) is 5.35. The molecule has 0 spiro atoms. The van der Waals surface area contributed by atoms with E-state index in [-0.39, 0.29) is 12.3 Å². The van der Waals surface area contributed by atoms with Crippen molar-refractivity contribution in [3.05, 3.63) is 47.9 Å². The molecule has 1 heterocycles. The number of methoxy groups -OCH3 is 1. The number of hydrogen-bond acceptors (Lipinski definition) is 5.